The highest BCUT2D eigenvalue weighted by atomic mass is 16.5. The third-order valence-corrected chi connectivity index (χ3v) is 5.63. The lowest BCUT2D eigenvalue weighted by molar-refractivity contribution is 0.0355. The van der Waals surface area contributed by atoms with E-state index in [4.69, 9.17) is 4.74 Å². The minimum atomic E-state index is -0.163. The molecule has 8 nitrogen and oxygen atoms in total. The summed E-state index contributed by atoms with van der Waals surface area (Å²) >= 11 is 0. The second-order valence-corrected chi connectivity index (χ2v) is 7.22. The van der Waals surface area contributed by atoms with Gasteiger partial charge in [-0.25, -0.2) is 14.5 Å². The number of pyridine rings is 1. The fourth-order valence-electron chi connectivity index (χ4n) is 4.20. The van der Waals surface area contributed by atoms with Crippen LogP contribution < -0.4 is 5.32 Å². The molecule has 0 radical (unpaired) electrons. The summed E-state index contributed by atoms with van der Waals surface area (Å²) in [7, 11) is 0. The summed E-state index contributed by atoms with van der Waals surface area (Å²) in [6.45, 7) is 2.89. The molecule has 0 aliphatic carbocycles. The number of rotatable bonds is 4. The number of carbonyl (C=O) groups excluding carboxylic acids is 1. The molecule has 0 spiro atoms. The van der Waals surface area contributed by atoms with Crippen LogP contribution in [0.15, 0.2) is 36.8 Å². The number of anilines is 1. The maximum absolute atomic E-state index is 12.9. The molecular weight excluding hydrogens is 346 g/mol. The fourth-order valence-corrected chi connectivity index (χ4v) is 4.20. The number of aliphatic hydroxyl groups excluding tert-OH is 1. The van der Waals surface area contributed by atoms with E-state index >= 15 is 0 Å². The maximum Gasteiger partial charge on any atom is 0.321 e. The summed E-state index contributed by atoms with van der Waals surface area (Å²) in [5, 5.41) is 17.0. The SMILES string of the molecule is O=C(Nc1cccnc1-n1cccn1)N1C[C@@H](CO)[C@H](C2CCOCC2)C1. The lowest BCUT2D eigenvalue weighted by Crippen LogP contribution is -2.34. The van der Waals surface area contributed by atoms with Crippen molar-refractivity contribution in [2.75, 3.05) is 38.2 Å². The number of nitrogens with zero attached hydrogens (tertiary/aromatic N) is 4. The number of amides is 2. The number of hydrogen-bond acceptors (Lipinski definition) is 5. The summed E-state index contributed by atoms with van der Waals surface area (Å²) in [4.78, 5) is 19.0. The second kappa shape index (κ2) is 8.06. The second-order valence-electron chi connectivity index (χ2n) is 7.22. The summed E-state index contributed by atoms with van der Waals surface area (Å²) in [5.74, 6) is 1.53. The van der Waals surface area contributed by atoms with Crippen molar-refractivity contribution < 1.29 is 14.6 Å². The van der Waals surface area contributed by atoms with Crippen LogP contribution in [0, 0.1) is 17.8 Å². The van der Waals surface area contributed by atoms with Crippen LogP contribution in [0.25, 0.3) is 5.82 Å². The average Bonchev–Trinajstić information content (AvgIpc) is 3.39. The number of hydrogen-bond donors (Lipinski definition) is 2. The Morgan fingerprint density at radius 2 is 2.11 bits per heavy atom. The molecule has 144 valence electrons. The van der Waals surface area contributed by atoms with E-state index in [1.165, 1.54) is 0 Å². The highest BCUT2D eigenvalue weighted by Gasteiger charge is 2.39. The van der Waals surface area contributed by atoms with Crippen LogP contribution in [-0.2, 0) is 4.74 Å². The number of carbonyl (C=O) groups is 1. The van der Waals surface area contributed by atoms with Crippen LogP contribution in [0.2, 0.25) is 0 Å². The molecule has 0 unspecified atom stereocenters. The Labute approximate surface area is 158 Å². The molecule has 0 aromatic carbocycles. The van der Waals surface area contributed by atoms with Gasteiger partial charge in [-0.1, -0.05) is 0 Å². The quantitative estimate of drug-likeness (QED) is 0.854. The molecule has 2 aliphatic rings. The monoisotopic (exact) mass is 371 g/mol. The number of urea groups is 1. The van der Waals surface area contributed by atoms with E-state index in [0.717, 1.165) is 26.1 Å². The lowest BCUT2D eigenvalue weighted by atomic mass is 9.80. The number of likely N-dealkylation sites (tertiary alicyclic amines) is 1. The van der Waals surface area contributed by atoms with Crippen LogP contribution in [0.4, 0.5) is 10.5 Å². The lowest BCUT2D eigenvalue weighted by Gasteiger charge is -2.30. The van der Waals surface area contributed by atoms with Gasteiger partial charge >= 0.3 is 6.03 Å². The molecule has 2 aliphatic heterocycles. The van der Waals surface area contributed by atoms with Crippen LogP contribution in [0.1, 0.15) is 12.8 Å². The van der Waals surface area contributed by atoms with Crippen molar-refractivity contribution in [3.05, 3.63) is 36.8 Å². The van der Waals surface area contributed by atoms with Gasteiger partial charge in [-0.2, -0.15) is 5.10 Å². The summed E-state index contributed by atoms with van der Waals surface area (Å²) in [6, 6.07) is 5.25. The van der Waals surface area contributed by atoms with E-state index < -0.39 is 0 Å². The molecule has 2 aromatic heterocycles. The molecule has 0 saturated carbocycles. The first kappa shape index (κ1) is 17.9. The Balaban J connectivity index is 1.46. The predicted molar refractivity (Wildman–Crippen MR) is 99.6 cm³/mol. The summed E-state index contributed by atoms with van der Waals surface area (Å²) in [5.41, 5.74) is 0.612. The van der Waals surface area contributed by atoms with Crippen molar-refractivity contribution in [1.82, 2.24) is 19.7 Å². The van der Waals surface area contributed by atoms with Crippen LogP contribution in [-0.4, -0.2) is 63.7 Å². The minimum Gasteiger partial charge on any atom is -0.396 e. The molecule has 2 N–H and O–H groups in total. The molecule has 2 aromatic rings. The molecule has 2 amide bonds. The molecule has 2 saturated heterocycles. The zero-order valence-electron chi connectivity index (χ0n) is 15.2. The molecule has 8 heteroatoms. The van der Waals surface area contributed by atoms with E-state index in [9.17, 15) is 9.90 Å². The van der Waals surface area contributed by atoms with Crippen molar-refractivity contribution in [3.8, 4) is 5.82 Å². The maximum atomic E-state index is 12.9. The zero-order valence-corrected chi connectivity index (χ0v) is 15.2. The Bertz CT molecular complexity index is 760. The van der Waals surface area contributed by atoms with Gasteiger partial charge in [0.25, 0.3) is 0 Å². The van der Waals surface area contributed by atoms with E-state index in [-0.39, 0.29) is 18.6 Å². The largest absolute Gasteiger partial charge is 0.396 e. The van der Waals surface area contributed by atoms with Crippen molar-refractivity contribution >= 4 is 11.7 Å². The molecule has 0 bridgehead atoms. The molecule has 2 atom stereocenters. The Kier molecular flexibility index (Phi) is 5.35. The Morgan fingerprint density at radius 3 is 2.85 bits per heavy atom. The van der Waals surface area contributed by atoms with E-state index in [1.807, 2.05) is 12.1 Å². The number of aliphatic hydroxyl groups is 1. The van der Waals surface area contributed by atoms with Gasteiger partial charge in [0.1, 0.15) is 0 Å². The van der Waals surface area contributed by atoms with Gasteiger partial charge in [-0.05, 0) is 42.9 Å². The van der Waals surface area contributed by atoms with Gasteiger partial charge in [0, 0.05) is 57.4 Å². The smallest absolute Gasteiger partial charge is 0.321 e. The van der Waals surface area contributed by atoms with Gasteiger partial charge in [-0.15, -0.1) is 0 Å². The van der Waals surface area contributed by atoms with Crippen molar-refractivity contribution in [2.45, 2.75) is 12.8 Å². The van der Waals surface area contributed by atoms with Gasteiger partial charge < -0.3 is 20.1 Å². The topological polar surface area (TPSA) is 92.5 Å². The van der Waals surface area contributed by atoms with E-state index in [1.54, 1.807) is 34.2 Å². The fraction of sp³-hybridized carbons (Fsp3) is 0.526. The molecule has 4 rings (SSSR count). The molecule has 27 heavy (non-hydrogen) atoms. The molecular formula is C19H25N5O3. The summed E-state index contributed by atoms with van der Waals surface area (Å²) in [6.07, 6.45) is 7.14. The van der Waals surface area contributed by atoms with Gasteiger partial charge in [0.2, 0.25) is 0 Å². The number of aromatic nitrogens is 3. The van der Waals surface area contributed by atoms with Crippen molar-refractivity contribution in [2.24, 2.45) is 17.8 Å². The standard InChI is InChI=1S/C19H25N5O3/c25-13-15-11-23(12-16(15)14-4-9-27-10-5-14)19(26)22-17-3-1-6-20-18(17)24-8-2-7-21-24/h1-3,6-8,14-16,25H,4-5,9-13H2,(H,22,26)/t15-,16-/m0/s1. The van der Waals surface area contributed by atoms with E-state index in [0.29, 0.717) is 36.4 Å². The van der Waals surface area contributed by atoms with Crippen molar-refractivity contribution in [3.63, 3.8) is 0 Å². The van der Waals surface area contributed by atoms with Gasteiger partial charge in [0.05, 0.1) is 5.69 Å². The summed E-state index contributed by atoms with van der Waals surface area (Å²) < 4.78 is 7.09. The first-order valence-electron chi connectivity index (χ1n) is 9.46. The number of ether oxygens (including phenoxy) is 1. The van der Waals surface area contributed by atoms with Crippen LogP contribution in [0.5, 0.6) is 0 Å². The first-order valence-corrected chi connectivity index (χ1v) is 9.46. The average molecular weight is 371 g/mol. The molecule has 2 fully saturated rings. The normalized spacial score (nSPS) is 23.5. The Hall–Kier alpha value is -2.45. The third-order valence-electron chi connectivity index (χ3n) is 5.63. The van der Waals surface area contributed by atoms with E-state index in [2.05, 4.69) is 15.4 Å². The zero-order chi connectivity index (χ0) is 18.6. The van der Waals surface area contributed by atoms with Crippen LogP contribution >= 0.6 is 0 Å². The predicted octanol–water partition coefficient (Wildman–Crippen LogP) is 1.77. The highest BCUT2D eigenvalue weighted by molar-refractivity contribution is 5.91. The van der Waals surface area contributed by atoms with Crippen molar-refractivity contribution in [1.29, 1.82) is 0 Å². The first-order chi connectivity index (χ1) is 13.3. The number of nitrogens with one attached hydrogen (secondary N) is 1. The van der Waals surface area contributed by atoms with Crippen LogP contribution in [0.3, 0.4) is 0 Å². The highest BCUT2D eigenvalue weighted by Crippen LogP contribution is 2.35. The molecule has 4 heterocycles. The van der Waals surface area contributed by atoms with Gasteiger partial charge in [0.15, 0.2) is 5.82 Å². The van der Waals surface area contributed by atoms with Gasteiger partial charge in [-0.3, -0.25) is 0 Å². The Morgan fingerprint density at radius 1 is 1.26 bits per heavy atom. The third kappa shape index (κ3) is 3.81. The minimum absolute atomic E-state index is 0.108.